The molecular weight excluding hydrogens is 380 g/mol. The molecule has 1 heterocycles. The average molecular weight is 401 g/mol. The normalized spacial score (nSPS) is 10.4. The number of amides is 1. The van der Waals surface area contributed by atoms with E-state index in [1.54, 1.807) is 37.3 Å². The molecule has 0 radical (unpaired) electrons. The van der Waals surface area contributed by atoms with Crippen molar-refractivity contribution in [3.8, 4) is 22.1 Å². The number of nitrogens with zero attached hydrogens (tertiary/aromatic N) is 1. The molecule has 27 heavy (non-hydrogen) atoms. The minimum Gasteiger partial charge on any atom is -0.493 e. The van der Waals surface area contributed by atoms with Crippen LogP contribution in [0.1, 0.15) is 5.69 Å². The van der Waals surface area contributed by atoms with E-state index in [2.05, 4.69) is 10.3 Å². The van der Waals surface area contributed by atoms with Gasteiger partial charge in [-0.05, 0) is 30.3 Å². The maximum atomic E-state index is 12.0. The number of para-hydroxylation sites is 1. The number of rotatable bonds is 8. The van der Waals surface area contributed by atoms with Crippen LogP contribution in [0.3, 0.4) is 0 Å². The van der Waals surface area contributed by atoms with Crippen LogP contribution in [0.5, 0.6) is 11.5 Å². The van der Waals surface area contributed by atoms with Crippen LogP contribution in [0.2, 0.25) is 0 Å². The second kappa shape index (κ2) is 9.43. The predicted octanol–water partition coefficient (Wildman–Crippen LogP) is 4.70. The Labute approximate surface area is 166 Å². The lowest BCUT2D eigenvalue weighted by atomic mass is 10.2. The third kappa shape index (κ3) is 5.24. The Morgan fingerprint density at radius 3 is 2.63 bits per heavy atom. The lowest BCUT2D eigenvalue weighted by Gasteiger charge is -2.08. The summed E-state index contributed by atoms with van der Waals surface area (Å²) in [6, 6.07) is 15.2. The van der Waals surface area contributed by atoms with E-state index in [1.165, 1.54) is 0 Å². The predicted molar refractivity (Wildman–Crippen MR) is 112 cm³/mol. The van der Waals surface area contributed by atoms with Gasteiger partial charge in [0.2, 0.25) is 5.91 Å². The van der Waals surface area contributed by atoms with Crippen molar-refractivity contribution in [2.24, 2.45) is 0 Å². The van der Waals surface area contributed by atoms with Crippen molar-refractivity contribution in [1.82, 2.24) is 4.98 Å². The van der Waals surface area contributed by atoms with Crippen LogP contribution in [0.25, 0.3) is 10.6 Å². The van der Waals surface area contributed by atoms with Crippen LogP contribution >= 0.6 is 23.1 Å². The average Bonchev–Trinajstić information content (AvgIpc) is 3.17. The first kappa shape index (κ1) is 19.3. The molecule has 2 aromatic carbocycles. The summed E-state index contributed by atoms with van der Waals surface area (Å²) in [5.41, 5.74) is 2.76. The zero-order chi connectivity index (χ0) is 19.1. The lowest BCUT2D eigenvalue weighted by Crippen LogP contribution is -2.13. The molecule has 0 aliphatic carbocycles. The second-order valence-electron chi connectivity index (χ2n) is 5.62. The summed E-state index contributed by atoms with van der Waals surface area (Å²) in [5.74, 6) is 2.43. The molecule has 140 valence electrons. The number of carbonyl (C=O) groups excluding carboxylic acids is 1. The molecule has 0 aliphatic rings. The van der Waals surface area contributed by atoms with Crippen LogP contribution in [0.15, 0.2) is 53.9 Å². The zero-order valence-electron chi connectivity index (χ0n) is 15.1. The van der Waals surface area contributed by atoms with Gasteiger partial charge in [-0.3, -0.25) is 4.79 Å². The quantitative estimate of drug-likeness (QED) is 0.594. The molecule has 3 rings (SSSR count). The molecule has 0 atom stereocenters. The Balaban J connectivity index is 1.54. The number of thioether (sulfide) groups is 1. The molecule has 0 saturated carbocycles. The molecule has 0 saturated heterocycles. The van der Waals surface area contributed by atoms with E-state index in [9.17, 15) is 4.79 Å². The number of hydrogen-bond donors (Lipinski definition) is 1. The summed E-state index contributed by atoms with van der Waals surface area (Å²) in [4.78, 5) is 16.6. The van der Waals surface area contributed by atoms with E-state index in [0.717, 1.165) is 22.0 Å². The van der Waals surface area contributed by atoms with Gasteiger partial charge in [-0.2, -0.15) is 0 Å². The van der Waals surface area contributed by atoms with Crippen LogP contribution in [-0.2, 0) is 10.5 Å². The summed E-state index contributed by atoms with van der Waals surface area (Å²) >= 11 is 3.12. The molecule has 3 aromatic rings. The Morgan fingerprint density at radius 1 is 1.11 bits per heavy atom. The van der Waals surface area contributed by atoms with Gasteiger partial charge in [-0.25, -0.2) is 4.98 Å². The molecule has 1 aromatic heterocycles. The van der Waals surface area contributed by atoms with Gasteiger partial charge < -0.3 is 14.8 Å². The number of benzene rings is 2. The molecule has 5 nitrogen and oxygen atoms in total. The topological polar surface area (TPSA) is 60.5 Å². The van der Waals surface area contributed by atoms with Crippen molar-refractivity contribution in [3.63, 3.8) is 0 Å². The summed E-state index contributed by atoms with van der Waals surface area (Å²) in [6.45, 7) is 0. The molecule has 0 spiro atoms. The van der Waals surface area contributed by atoms with Crippen LogP contribution in [0, 0.1) is 0 Å². The minimum atomic E-state index is -0.0125. The van der Waals surface area contributed by atoms with Gasteiger partial charge in [0.15, 0.2) is 11.5 Å². The Hall–Kier alpha value is -2.51. The summed E-state index contributed by atoms with van der Waals surface area (Å²) in [7, 11) is 3.23. The van der Waals surface area contributed by atoms with Gasteiger partial charge in [0.1, 0.15) is 5.01 Å². The Morgan fingerprint density at radius 2 is 1.89 bits per heavy atom. The van der Waals surface area contributed by atoms with E-state index in [0.29, 0.717) is 23.0 Å². The van der Waals surface area contributed by atoms with Gasteiger partial charge in [-0.15, -0.1) is 23.1 Å². The highest BCUT2D eigenvalue weighted by molar-refractivity contribution is 7.99. The molecular formula is C20H20N2O3S2. The largest absolute Gasteiger partial charge is 0.493 e. The van der Waals surface area contributed by atoms with Crippen LogP contribution < -0.4 is 14.8 Å². The Bertz CT molecular complexity index is 897. The van der Waals surface area contributed by atoms with Crippen molar-refractivity contribution >= 4 is 34.7 Å². The third-order valence-corrected chi connectivity index (χ3v) is 5.63. The Kier molecular flexibility index (Phi) is 6.73. The van der Waals surface area contributed by atoms with E-state index in [1.807, 2.05) is 53.9 Å². The van der Waals surface area contributed by atoms with Crippen molar-refractivity contribution in [1.29, 1.82) is 0 Å². The van der Waals surface area contributed by atoms with Gasteiger partial charge in [-0.1, -0.05) is 18.2 Å². The van der Waals surface area contributed by atoms with E-state index >= 15 is 0 Å². The van der Waals surface area contributed by atoms with Crippen LogP contribution in [0.4, 0.5) is 5.69 Å². The SMILES string of the molecule is COc1ccc(-c2nc(CSCC(=O)Nc3ccccc3)cs2)cc1OC. The van der Waals surface area contributed by atoms with Crippen molar-refractivity contribution in [2.75, 3.05) is 25.3 Å². The molecule has 7 heteroatoms. The maximum Gasteiger partial charge on any atom is 0.234 e. The second-order valence-corrected chi connectivity index (χ2v) is 7.46. The van der Waals surface area contributed by atoms with Gasteiger partial charge in [0.25, 0.3) is 0 Å². The van der Waals surface area contributed by atoms with Crippen molar-refractivity contribution < 1.29 is 14.3 Å². The first-order valence-electron chi connectivity index (χ1n) is 8.29. The van der Waals surface area contributed by atoms with Crippen molar-refractivity contribution in [3.05, 3.63) is 59.6 Å². The smallest absolute Gasteiger partial charge is 0.234 e. The van der Waals surface area contributed by atoms with Gasteiger partial charge in [0.05, 0.1) is 25.7 Å². The molecule has 0 bridgehead atoms. The molecule has 0 fully saturated rings. The number of ether oxygens (including phenoxy) is 2. The monoisotopic (exact) mass is 400 g/mol. The van der Waals surface area contributed by atoms with Gasteiger partial charge >= 0.3 is 0 Å². The van der Waals surface area contributed by atoms with E-state index in [-0.39, 0.29) is 5.91 Å². The van der Waals surface area contributed by atoms with E-state index in [4.69, 9.17) is 9.47 Å². The number of aromatic nitrogens is 1. The number of carbonyl (C=O) groups is 1. The molecule has 1 N–H and O–H groups in total. The first-order chi connectivity index (χ1) is 13.2. The number of methoxy groups -OCH3 is 2. The summed E-state index contributed by atoms with van der Waals surface area (Å²) in [6.07, 6.45) is 0. The number of anilines is 1. The van der Waals surface area contributed by atoms with Crippen LogP contribution in [-0.4, -0.2) is 30.9 Å². The summed E-state index contributed by atoms with van der Waals surface area (Å²) < 4.78 is 10.6. The fourth-order valence-corrected chi connectivity index (χ4v) is 4.08. The fourth-order valence-electron chi connectivity index (χ4n) is 2.44. The van der Waals surface area contributed by atoms with Crippen molar-refractivity contribution in [2.45, 2.75) is 5.75 Å². The minimum absolute atomic E-state index is 0.0125. The summed E-state index contributed by atoms with van der Waals surface area (Å²) in [5, 5.41) is 5.82. The lowest BCUT2D eigenvalue weighted by molar-refractivity contribution is -0.113. The maximum absolute atomic E-state index is 12.0. The van der Waals surface area contributed by atoms with Gasteiger partial charge in [0, 0.05) is 22.4 Å². The molecule has 0 unspecified atom stereocenters. The highest BCUT2D eigenvalue weighted by Crippen LogP contribution is 2.33. The third-order valence-electron chi connectivity index (χ3n) is 3.72. The van der Waals surface area contributed by atoms with E-state index < -0.39 is 0 Å². The molecule has 0 aliphatic heterocycles. The number of thiazole rings is 1. The number of nitrogens with one attached hydrogen (secondary N) is 1. The highest BCUT2D eigenvalue weighted by atomic mass is 32.2. The zero-order valence-corrected chi connectivity index (χ0v) is 16.7. The fraction of sp³-hybridized carbons (Fsp3) is 0.200. The highest BCUT2D eigenvalue weighted by Gasteiger charge is 2.10. The number of hydrogen-bond acceptors (Lipinski definition) is 6. The first-order valence-corrected chi connectivity index (χ1v) is 10.3. The molecule has 1 amide bonds. The standard InChI is InChI=1S/C20H20N2O3S2/c1-24-17-9-8-14(10-18(17)25-2)20-22-16(12-27-20)11-26-13-19(23)21-15-6-4-3-5-7-15/h3-10,12H,11,13H2,1-2H3,(H,21,23).